The number of nitrogens with zero attached hydrogens (tertiary/aromatic N) is 1. The Labute approximate surface area is 98.1 Å². The summed E-state index contributed by atoms with van der Waals surface area (Å²) in [6.45, 7) is 1.98. The van der Waals surface area contributed by atoms with E-state index >= 15 is 0 Å². The highest BCUT2D eigenvalue weighted by Crippen LogP contribution is 2.26. The molecule has 3 nitrogen and oxygen atoms in total. The molecule has 16 heavy (non-hydrogen) atoms. The molecule has 4 heteroatoms. The highest BCUT2D eigenvalue weighted by Gasteiger charge is 2.19. The summed E-state index contributed by atoms with van der Waals surface area (Å²) < 4.78 is 5.91. The Bertz CT molecular complexity index is 506. The van der Waals surface area contributed by atoms with Gasteiger partial charge in [-0.05, 0) is 24.1 Å². The van der Waals surface area contributed by atoms with Crippen LogP contribution in [0.3, 0.4) is 0 Å². The smallest absolute Gasteiger partial charge is 0.313 e. The number of esters is 1. The fourth-order valence-corrected chi connectivity index (χ4v) is 2.49. The molecule has 0 N–H and O–H groups in total. The van der Waals surface area contributed by atoms with E-state index < -0.39 is 0 Å². The summed E-state index contributed by atoms with van der Waals surface area (Å²) in [5.41, 5.74) is 3.80. The van der Waals surface area contributed by atoms with Crippen LogP contribution in [0.1, 0.15) is 24.8 Å². The summed E-state index contributed by atoms with van der Waals surface area (Å²) in [5.74, 6) is -0.345. The van der Waals surface area contributed by atoms with Crippen LogP contribution < -0.4 is 0 Å². The third-order valence-electron chi connectivity index (χ3n) is 2.65. The number of thiazole rings is 1. The van der Waals surface area contributed by atoms with E-state index in [0.29, 0.717) is 0 Å². The highest BCUT2D eigenvalue weighted by atomic mass is 32.1. The molecule has 0 bridgehead atoms. The second-order valence-corrected chi connectivity index (χ2v) is 4.45. The van der Waals surface area contributed by atoms with Crippen LogP contribution in [-0.2, 0) is 9.53 Å². The minimum absolute atomic E-state index is 0.170. The number of carbonyl (C=O) groups is 1. The van der Waals surface area contributed by atoms with E-state index in [2.05, 4.69) is 4.98 Å². The maximum atomic E-state index is 11.6. The highest BCUT2D eigenvalue weighted by molar-refractivity contribution is 7.16. The molecule has 0 saturated carbocycles. The number of hydrogen-bond donors (Lipinski definition) is 0. The van der Waals surface area contributed by atoms with Crippen molar-refractivity contribution >= 4 is 27.5 Å². The normalized spacial score (nSPS) is 12.6. The van der Waals surface area contributed by atoms with Gasteiger partial charge < -0.3 is 4.74 Å². The minimum Gasteiger partial charge on any atom is -0.469 e. The molecule has 2 aromatic rings. The molecule has 2 rings (SSSR count). The SMILES string of the molecule is CCC(C(=O)OC)c1ccc2ncsc2c1. The van der Waals surface area contributed by atoms with Gasteiger partial charge in [0, 0.05) is 0 Å². The molecule has 84 valence electrons. The van der Waals surface area contributed by atoms with E-state index in [-0.39, 0.29) is 11.9 Å². The lowest BCUT2D eigenvalue weighted by Gasteiger charge is -2.12. The van der Waals surface area contributed by atoms with Gasteiger partial charge in [0.05, 0.1) is 28.8 Å². The van der Waals surface area contributed by atoms with Crippen molar-refractivity contribution in [3.05, 3.63) is 29.3 Å². The largest absolute Gasteiger partial charge is 0.469 e. The quantitative estimate of drug-likeness (QED) is 0.768. The molecule has 1 aromatic carbocycles. The summed E-state index contributed by atoms with van der Waals surface area (Å²) in [6.07, 6.45) is 0.747. The zero-order valence-corrected chi connectivity index (χ0v) is 10.1. The number of hydrogen-bond acceptors (Lipinski definition) is 4. The second-order valence-electron chi connectivity index (χ2n) is 3.56. The average Bonchev–Trinajstić information content (AvgIpc) is 2.77. The van der Waals surface area contributed by atoms with E-state index in [4.69, 9.17) is 4.74 Å². The summed E-state index contributed by atoms with van der Waals surface area (Å²) in [7, 11) is 1.43. The summed E-state index contributed by atoms with van der Waals surface area (Å²) in [4.78, 5) is 15.8. The third kappa shape index (κ3) is 1.93. The molecule has 0 amide bonds. The molecule has 0 aliphatic carbocycles. The third-order valence-corrected chi connectivity index (χ3v) is 3.44. The van der Waals surface area contributed by atoms with Gasteiger partial charge in [-0.3, -0.25) is 4.79 Å². The molecule has 1 heterocycles. The first-order valence-corrected chi connectivity index (χ1v) is 6.05. The topological polar surface area (TPSA) is 39.2 Å². The van der Waals surface area contributed by atoms with Crippen LogP contribution in [0.15, 0.2) is 23.7 Å². The molecule has 1 unspecified atom stereocenters. The molecule has 1 aromatic heterocycles. The van der Waals surface area contributed by atoms with Crippen LogP contribution in [0.25, 0.3) is 10.2 Å². The minimum atomic E-state index is -0.175. The van der Waals surface area contributed by atoms with Crippen molar-refractivity contribution in [2.45, 2.75) is 19.3 Å². The van der Waals surface area contributed by atoms with Crippen LogP contribution in [0.4, 0.5) is 0 Å². The Morgan fingerprint density at radius 3 is 3.06 bits per heavy atom. The summed E-state index contributed by atoms with van der Waals surface area (Å²) >= 11 is 1.59. The molecule has 0 fully saturated rings. The monoisotopic (exact) mass is 235 g/mol. The molecule has 0 aliphatic rings. The summed E-state index contributed by atoms with van der Waals surface area (Å²) in [5, 5.41) is 0. The van der Waals surface area contributed by atoms with Crippen molar-refractivity contribution in [2.75, 3.05) is 7.11 Å². The Morgan fingerprint density at radius 1 is 1.56 bits per heavy atom. The van der Waals surface area contributed by atoms with Crippen molar-refractivity contribution in [3.8, 4) is 0 Å². The average molecular weight is 235 g/mol. The molecule has 0 saturated heterocycles. The van der Waals surface area contributed by atoms with Gasteiger partial charge in [-0.15, -0.1) is 11.3 Å². The maximum Gasteiger partial charge on any atom is 0.313 e. The fourth-order valence-electron chi connectivity index (χ4n) is 1.77. The molecular weight excluding hydrogens is 222 g/mol. The number of aromatic nitrogens is 1. The lowest BCUT2D eigenvalue weighted by atomic mass is 9.96. The Balaban J connectivity index is 2.40. The zero-order valence-electron chi connectivity index (χ0n) is 9.27. The molecule has 0 aliphatic heterocycles. The Hall–Kier alpha value is -1.42. The van der Waals surface area contributed by atoms with Gasteiger partial charge >= 0.3 is 5.97 Å². The predicted molar refractivity (Wildman–Crippen MR) is 64.7 cm³/mol. The second kappa shape index (κ2) is 4.61. The van der Waals surface area contributed by atoms with Gasteiger partial charge in [-0.1, -0.05) is 13.0 Å². The van der Waals surface area contributed by atoms with Gasteiger partial charge in [-0.25, -0.2) is 4.98 Å². The van der Waals surface area contributed by atoms with Crippen LogP contribution in [0.2, 0.25) is 0 Å². The standard InChI is InChI=1S/C12H13NO2S/c1-3-9(12(14)15-2)8-4-5-10-11(6-8)16-7-13-10/h4-7,9H,3H2,1-2H3. The van der Waals surface area contributed by atoms with E-state index in [1.165, 1.54) is 7.11 Å². The van der Waals surface area contributed by atoms with Gasteiger partial charge in [0.25, 0.3) is 0 Å². The number of carbonyl (C=O) groups excluding carboxylic acids is 1. The number of methoxy groups -OCH3 is 1. The van der Waals surface area contributed by atoms with Crippen LogP contribution in [0, 0.1) is 0 Å². The summed E-state index contributed by atoms with van der Waals surface area (Å²) in [6, 6.07) is 5.93. The first-order chi connectivity index (χ1) is 7.76. The lowest BCUT2D eigenvalue weighted by molar-refractivity contribution is -0.142. The molecule has 1 atom stereocenters. The van der Waals surface area contributed by atoms with E-state index in [9.17, 15) is 4.79 Å². The maximum absolute atomic E-state index is 11.6. The van der Waals surface area contributed by atoms with Gasteiger partial charge in [0.2, 0.25) is 0 Å². The van der Waals surface area contributed by atoms with Crippen molar-refractivity contribution in [1.82, 2.24) is 4.98 Å². The zero-order chi connectivity index (χ0) is 11.5. The molecule has 0 spiro atoms. The number of ether oxygens (including phenoxy) is 1. The lowest BCUT2D eigenvalue weighted by Crippen LogP contribution is -2.13. The van der Waals surface area contributed by atoms with Crippen LogP contribution in [-0.4, -0.2) is 18.1 Å². The molecular formula is C12H13NO2S. The number of rotatable bonds is 3. The van der Waals surface area contributed by atoms with Crippen LogP contribution in [0.5, 0.6) is 0 Å². The first kappa shape index (κ1) is 11.1. The predicted octanol–water partition coefficient (Wildman–Crippen LogP) is 2.96. The van der Waals surface area contributed by atoms with E-state index in [1.807, 2.05) is 30.6 Å². The van der Waals surface area contributed by atoms with Gasteiger partial charge in [0.15, 0.2) is 0 Å². The van der Waals surface area contributed by atoms with Crippen LogP contribution >= 0.6 is 11.3 Å². The fraction of sp³-hybridized carbons (Fsp3) is 0.333. The Morgan fingerprint density at radius 2 is 2.38 bits per heavy atom. The molecule has 0 radical (unpaired) electrons. The van der Waals surface area contributed by atoms with E-state index in [0.717, 1.165) is 22.2 Å². The number of benzene rings is 1. The van der Waals surface area contributed by atoms with Crippen molar-refractivity contribution in [1.29, 1.82) is 0 Å². The van der Waals surface area contributed by atoms with Gasteiger partial charge in [0.1, 0.15) is 0 Å². The van der Waals surface area contributed by atoms with Gasteiger partial charge in [-0.2, -0.15) is 0 Å². The van der Waals surface area contributed by atoms with Crippen molar-refractivity contribution in [2.24, 2.45) is 0 Å². The number of fused-ring (bicyclic) bond motifs is 1. The van der Waals surface area contributed by atoms with E-state index in [1.54, 1.807) is 11.3 Å². The van der Waals surface area contributed by atoms with Crippen molar-refractivity contribution < 1.29 is 9.53 Å². The first-order valence-electron chi connectivity index (χ1n) is 5.17. The Kier molecular flexibility index (Phi) is 3.19. The van der Waals surface area contributed by atoms with Crippen molar-refractivity contribution in [3.63, 3.8) is 0 Å².